The van der Waals surface area contributed by atoms with E-state index in [0.717, 1.165) is 0 Å². The lowest BCUT2D eigenvalue weighted by Crippen LogP contribution is -2.38. The van der Waals surface area contributed by atoms with Gasteiger partial charge in [0.15, 0.2) is 0 Å². The zero-order chi connectivity index (χ0) is 20.3. The molecule has 2 amide bonds. The van der Waals surface area contributed by atoms with Crippen LogP contribution in [-0.2, 0) is 9.59 Å². The van der Waals surface area contributed by atoms with E-state index in [1.807, 2.05) is 39.0 Å². The van der Waals surface area contributed by atoms with Crippen LogP contribution in [0.25, 0.3) is 5.57 Å². The van der Waals surface area contributed by atoms with E-state index in [0.29, 0.717) is 34.9 Å². The topological polar surface area (TPSA) is 67.9 Å². The van der Waals surface area contributed by atoms with Gasteiger partial charge < -0.3 is 14.8 Å². The van der Waals surface area contributed by atoms with Crippen molar-refractivity contribution in [2.75, 3.05) is 19.0 Å². The SMILES string of the molecule is CCOc1cccc(NC2=C(c3ccc(OC)cc3)C(=O)N(C(C)C)C2=O)c1. The Morgan fingerprint density at radius 1 is 1.00 bits per heavy atom. The maximum Gasteiger partial charge on any atom is 0.278 e. The first-order valence-corrected chi connectivity index (χ1v) is 9.22. The summed E-state index contributed by atoms with van der Waals surface area (Å²) in [6, 6.07) is 14.2. The molecule has 1 aliphatic heterocycles. The number of hydrogen-bond acceptors (Lipinski definition) is 5. The predicted molar refractivity (Wildman–Crippen MR) is 108 cm³/mol. The van der Waals surface area contributed by atoms with Crippen LogP contribution in [0.5, 0.6) is 11.5 Å². The fraction of sp³-hybridized carbons (Fsp3) is 0.273. The number of nitrogens with zero attached hydrogens (tertiary/aromatic N) is 1. The van der Waals surface area contributed by atoms with Gasteiger partial charge in [0.2, 0.25) is 0 Å². The van der Waals surface area contributed by atoms with Crippen molar-refractivity contribution in [3.8, 4) is 11.5 Å². The third-order valence-electron chi connectivity index (χ3n) is 4.42. The maximum absolute atomic E-state index is 13.0. The third kappa shape index (κ3) is 3.71. The molecule has 0 radical (unpaired) electrons. The van der Waals surface area contributed by atoms with Gasteiger partial charge >= 0.3 is 0 Å². The smallest absolute Gasteiger partial charge is 0.278 e. The van der Waals surface area contributed by atoms with E-state index in [-0.39, 0.29) is 23.6 Å². The van der Waals surface area contributed by atoms with E-state index in [1.165, 1.54) is 4.90 Å². The largest absolute Gasteiger partial charge is 0.497 e. The number of carbonyl (C=O) groups excluding carboxylic acids is 2. The number of carbonyl (C=O) groups is 2. The normalized spacial score (nSPS) is 14.1. The number of methoxy groups -OCH3 is 1. The van der Waals surface area contributed by atoms with E-state index in [1.54, 1.807) is 37.4 Å². The van der Waals surface area contributed by atoms with Crippen molar-refractivity contribution >= 4 is 23.1 Å². The van der Waals surface area contributed by atoms with E-state index >= 15 is 0 Å². The molecule has 3 rings (SSSR count). The quantitative estimate of drug-likeness (QED) is 0.742. The van der Waals surface area contributed by atoms with Gasteiger partial charge in [-0.1, -0.05) is 18.2 Å². The number of imide groups is 1. The van der Waals surface area contributed by atoms with Gasteiger partial charge in [0.25, 0.3) is 11.8 Å². The molecule has 0 aromatic heterocycles. The van der Waals surface area contributed by atoms with E-state index in [9.17, 15) is 9.59 Å². The first-order chi connectivity index (χ1) is 13.5. The molecule has 1 aliphatic rings. The molecule has 28 heavy (non-hydrogen) atoms. The van der Waals surface area contributed by atoms with Crippen LogP contribution in [0.15, 0.2) is 54.2 Å². The number of amides is 2. The second-order valence-corrected chi connectivity index (χ2v) is 6.64. The molecular weight excluding hydrogens is 356 g/mol. The molecule has 1 N–H and O–H groups in total. The average molecular weight is 380 g/mol. The fourth-order valence-electron chi connectivity index (χ4n) is 3.13. The molecule has 1 heterocycles. The summed E-state index contributed by atoms with van der Waals surface area (Å²) in [5.74, 6) is 0.721. The van der Waals surface area contributed by atoms with Gasteiger partial charge in [-0.25, -0.2) is 0 Å². The molecule has 0 fully saturated rings. The minimum Gasteiger partial charge on any atom is -0.497 e. The van der Waals surface area contributed by atoms with Crippen LogP contribution in [0.4, 0.5) is 5.69 Å². The van der Waals surface area contributed by atoms with Gasteiger partial charge in [-0.15, -0.1) is 0 Å². The van der Waals surface area contributed by atoms with E-state index in [2.05, 4.69) is 5.32 Å². The maximum atomic E-state index is 13.0. The van der Waals surface area contributed by atoms with Crippen LogP contribution in [0.2, 0.25) is 0 Å². The third-order valence-corrected chi connectivity index (χ3v) is 4.42. The average Bonchev–Trinajstić information content (AvgIpc) is 2.92. The highest BCUT2D eigenvalue weighted by atomic mass is 16.5. The highest BCUT2D eigenvalue weighted by molar-refractivity contribution is 6.36. The summed E-state index contributed by atoms with van der Waals surface area (Å²) >= 11 is 0. The lowest BCUT2D eigenvalue weighted by atomic mass is 10.0. The Bertz CT molecular complexity index is 916. The Hall–Kier alpha value is -3.28. The Balaban J connectivity index is 2.05. The second kappa shape index (κ2) is 8.17. The number of rotatable bonds is 7. The van der Waals surface area contributed by atoms with Crippen LogP contribution in [0, 0.1) is 0 Å². The van der Waals surface area contributed by atoms with Crippen LogP contribution in [0.3, 0.4) is 0 Å². The molecule has 0 saturated carbocycles. The highest BCUT2D eigenvalue weighted by Gasteiger charge is 2.40. The Kier molecular flexibility index (Phi) is 5.68. The molecule has 0 unspecified atom stereocenters. The molecule has 6 heteroatoms. The summed E-state index contributed by atoms with van der Waals surface area (Å²) in [5, 5.41) is 3.14. The van der Waals surface area contributed by atoms with Crippen molar-refractivity contribution in [2.45, 2.75) is 26.8 Å². The monoisotopic (exact) mass is 380 g/mol. The number of anilines is 1. The zero-order valence-corrected chi connectivity index (χ0v) is 16.5. The number of ether oxygens (including phenoxy) is 2. The molecular formula is C22H24N2O4. The summed E-state index contributed by atoms with van der Waals surface area (Å²) in [6.07, 6.45) is 0. The lowest BCUT2D eigenvalue weighted by Gasteiger charge is -2.19. The number of hydrogen-bond donors (Lipinski definition) is 1. The molecule has 0 bridgehead atoms. The molecule has 0 atom stereocenters. The van der Waals surface area contributed by atoms with Crippen LogP contribution >= 0.6 is 0 Å². The predicted octanol–water partition coefficient (Wildman–Crippen LogP) is 3.69. The van der Waals surface area contributed by atoms with Crippen LogP contribution < -0.4 is 14.8 Å². The minimum atomic E-state index is -0.340. The molecule has 2 aromatic carbocycles. The van der Waals surface area contributed by atoms with Gasteiger partial charge in [0, 0.05) is 17.8 Å². The van der Waals surface area contributed by atoms with E-state index in [4.69, 9.17) is 9.47 Å². The van der Waals surface area contributed by atoms with Crippen molar-refractivity contribution < 1.29 is 19.1 Å². The Morgan fingerprint density at radius 3 is 2.32 bits per heavy atom. The minimum absolute atomic E-state index is 0.248. The van der Waals surface area contributed by atoms with E-state index < -0.39 is 0 Å². The summed E-state index contributed by atoms with van der Waals surface area (Å²) in [5.41, 5.74) is 1.95. The second-order valence-electron chi connectivity index (χ2n) is 6.64. The Morgan fingerprint density at radius 2 is 1.71 bits per heavy atom. The summed E-state index contributed by atoms with van der Waals surface area (Å²) in [6.45, 7) is 6.09. The summed E-state index contributed by atoms with van der Waals surface area (Å²) < 4.78 is 10.7. The van der Waals surface area contributed by atoms with Crippen LogP contribution in [0.1, 0.15) is 26.3 Å². The highest BCUT2D eigenvalue weighted by Crippen LogP contribution is 2.33. The molecule has 0 saturated heterocycles. The summed E-state index contributed by atoms with van der Waals surface area (Å²) in [7, 11) is 1.58. The molecule has 2 aromatic rings. The van der Waals surface area contributed by atoms with Gasteiger partial charge in [-0.3, -0.25) is 14.5 Å². The van der Waals surface area contributed by atoms with Gasteiger partial charge in [-0.05, 0) is 50.6 Å². The Labute approximate surface area is 164 Å². The van der Waals surface area contributed by atoms with Gasteiger partial charge in [0.05, 0.1) is 19.3 Å². The first kappa shape index (κ1) is 19.5. The van der Waals surface area contributed by atoms with Crippen molar-refractivity contribution in [3.05, 3.63) is 59.8 Å². The standard InChI is InChI=1S/C22H24N2O4/c1-5-28-18-8-6-7-16(13-18)23-20-19(15-9-11-17(27-4)12-10-15)21(25)24(14(2)3)22(20)26/h6-14,23H,5H2,1-4H3. The van der Waals surface area contributed by atoms with Crippen LogP contribution in [-0.4, -0.2) is 36.5 Å². The van der Waals surface area contributed by atoms with Gasteiger partial charge in [0.1, 0.15) is 17.2 Å². The molecule has 146 valence electrons. The molecule has 0 spiro atoms. The van der Waals surface area contributed by atoms with Crippen molar-refractivity contribution in [1.29, 1.82) is 0 Å². The van der Waals surface area contributed by atoms with Crippen molar-refractivity contribution in [2.24, 2.45) is 0 Å². The molecule has 0 aliphatic carbocycles. The van der Waals surface area contributed by atoms with Crippen molar-refractivity contribution in [3.63, 3.8) is 0 Å². The lowest BCUT2D eigenvalue weighted by molar-refractivity contribution is -0.138. The fourth-order valence-corrected chi connectivity index (χ4v) is 3.13. The number of nitrogens with one attached hydrogen (secondary N) is 1. The first-order valence-electron chi connectivity index (χ1n) is 9.22. The van der Waals surface area contributed by atoms with Crippen molar-refractivity contribution in [1.82, 2.24) is 4.90 Å². The number of benzene rings is 2. The summed E-state index contributed by atoms with van der Waals surface area (Å²) in [4.78, 5) is 27.3. The zero-order valence-electron chi connectivity index (χ0n) is 16.5. The molecule has 6 nitrogen and oxygen atoms in total. The van der Waals surface area contributed by atoms with Gasteiger partial charge in [-0.2, -0.15) is 0 Å².